The summed E-state index contributed by atoms with van der Waals surface area (Å²) < 4.78 is 32.4. The van der Waals surface area contributed by atoms with Crippen LogP contribution < -0.4 is 4.74 Å². The van der Waals surface area contributed by atoms with Crippen LogP contribution >= 0.6 is 0 Å². The normalized spacial score (nSPS) is 16.7. The molecule has 116 valence electrons. The fraction of sp³-hybridized carbons (Fsp3) is 0.333. The van der Waals surface area contributed by atoms with Gasteiger partial charge in [0.15, 0.2) is 0 Å². The average molecular weight is 303 g/mol. The SMILES string of the molecule is CN1CCC(c2ccc(F)cc2Oc2ccc(F)cc2)CC1. The van der Waals surface area contributed by atoms with Crippen LogP contribution in [-0.2, 0) is 0 Å². The minimum atomic E-state index is -0.325. The first kappa shape index (κ1) is 15.0. The van der Waals surface area contributed by atoms with Gasteiger partial charge < -0.3 is 9.64 Å². The van der Waals surface area contributed by atoms with Crippen molar-refractivity contribution >= 4 is 0 Å². The molecule has 0 bridgehead atoms. The quantitative estimate of drug-likeness (QED) is 0.824. The lowest BCUT2D eigenvalue weighted by atomic mass is 9.89. The lowest BCUT2D eigenvalue weighted by molar-refractivity contribution is 0.253. The van der Waals surface area contributed by atoms with Crippen molar-refractivity contribution in [3.05, 3.63) is 59.7 Å². The fourth-order valence-corrected chi connectivity index (χ4v) is 2.88. The van der Waals surface area contributed by atoms with Gasteiger partial charge in [-0.3, -0.25) is 0 Å². The summed E-state index contributed by atoms with van der Waals surface area (Å²) in [5, 5.41) is 0. The van der Waals surface area contributed by atoms with Gasteiger partial charge >= 0.3 is 0 Å². The van der Waals surface area contributed by atoms with Crippen LogP contribution in [0.3, 0.4) is 0 Å². The van der Waals surface area contributed by atoms with Crippen LogP contribution in [0.25, 0.3) is 0 Å². The van der Waals surface area contributed by atoms with Gasteiger partial charge in [-0.1, -0.05) is 6.07 Å². The Bertz CT molecular complexity index is 634. The zero-order chi connectivity index (χ0) is 15.5. The van der Waals surface area contributed by atoms with E-state index >= 15 is 0 Å². The van der Waals surface area contributed by atoms with Gasteiger partial charge in [0.05, 0.1) is 0 Å². The molecule has 4 heteroatoms. The lowest BCUT2D eigenvalue weighted by Crippen LogP contribution is -2.29. The molecule has 0 radical (unpaired) electrons. The van der Waals surface area contributed by atoms with Crippen LogP contribution in [-0.4, -0.2) is 25.0 Å². The molecular formula is C18H19F2NO. The number of hydrogen-bond acceptors (Lipinski definition) is 2. The minimum absolute atomic E-state index is 0.317. The number of likely N-dealkylation sites (tertiary alicyclic amines) is 1. The van der Waals surface area contributed by atoms with Gasteiger partial charge in [-0.05, 0) is 74.8 Å². The number of rotatable bonds is 3. The van der Waals surface area contributed by atoms with Gasteiger partial charge in [0.1, 0.15) is 23.1 Å². The van der Waals surface area contributed by atoms with Gasteiger partial charge in [0, 0.05) is 6.07 Å². The molecule has 2 nitrogen and oxygen atoms in total. The first-order valence-corrected chi connectivity index (χ1v) is 7.53. The van der Waals surface area contributed by atoms with Gasteiger partial charge in [0.2, 0.25) is 0 Å². The predicted molar refractivity (Wildman–Crippen MR) is 82.3 cm³/mol. The molecule has 0 aromatic heterocycles. The Balaban J connectivity index is 1.86. The zero-order valence-corrected chi connectivity index (χ0v) is 12.6. The molecule has 1 saturated heterocycles. The maximum atomic E-state index is 13.6. The van der Waals surface area contributed by atoms with E-state index in [1.807, 2.05) is 6.07 Å². The molecule has 0 atom stereocenters. The zero-order valence-electron chi connectivity index (χ0n) is 12.6. The van der Waals surface area contributed by atoms with Crippen LogP contribution in [0.1, 0.15) is 24.3 Å². The molecule has 0 N–H and O–H groups in total. The number of benzene rings is 2. The molecule has 3 rings (SSSR count). The second-order valence-corrected chi connectivity index (χ2v) is 5.82. The molecule has 1 aliphatic rings. The summed E-state index contributed by atoms with van der Waals surface area (Å²) in [5.41, 5.74) is 1.03. The molecule has 1 aliphatic heterocycles. The van der Waals surface area contributed by atoms with Crippen molar-refractivity contribution < 1.29 is 13.5 Å². The molecule has 0 aliphatic carbocycles. The highest BCUT2D eigenvalue weighted by Crippen LogP contribution is 2.36. The van der Waals surface area contributed by atoms with Gasteiger partial charge in [-0.2, -0.15) is 0 Å². The summed E-state index contributed by atoms with van der Waals surface area (Å²) in [4.78, 5) is 2.29. The monoisotopic (exact) mass is 303 g/mol. The van der Waals surface area contributed by atoms with Gasteiger partial charge in [0.25, 0.3) is 0 Å². The molecule has 0 amide bonds. The number of ether oxygens (including phenoxy) is 1. The Kier molecular flexibility index (Phi) is 4.39. The number of nitrogens with zero attached hydrogens (tertiary/aromatic N) is 1. The highest BCUT2D eigenvalue weighted by molar-refractivity contribution is 5.40. The summed E-state index contributed by atoms with van der Waals surface area (Å²) in [6, 6.07) is 10.5. The second kappa shape index (κ2) is 6.44. The van der Waals surface area contributed by atoms with E-state index in [4.69, 9.17) is 4.74 Å². The standard InChI is InChI=1S/C18H19F2NO/c1-21-10-8-13(9-11-21)17-7-4-15(20)12-18(17)22-16-5-2-14(19)3-6-16/h2-7,12-13H,8-11H2,1H3. The molecule has 1 heterocycles. The predicted octanol–water partition coefficient (Wildman–Crippen LogP) is 4.57. The number of halogens is 2. The molecule has 0 unspecified atom stereocenters. The third-order valence-corrected chi connectivity index (χ3v) is 4.18. The highest BCUT2D eigenvalue weighted by Gasteiger charge is 2.22. The highest BCUT2D eigenvalue weighted by atomic mass is 19.1. The van der Waals surface area contributed by atoms with Crippen molar-refractivity contribution in [3.63, 3.8) is 0 Å². The Labute approximate surface area is 129 Å². The Morgan fingerprint density at radius 3 is 2.27 bits per heavy atom. The summed E-state index contributed by atoms with van der Waals surface area (Å²) in [5.74, 6) is 0.769. The van der Waals surface area contributed by atoms with Crippen molar-refractivity contribution in [3.8, 4) is 11.5 Å². The molecule has 1 fully saturated rings. The van der Waals surface area contributed by atoms with E-state index in [2.05, 4.69) is 11.9 Å². The molecule has 0 saturated carbocycles. The van der Waals surface area contributed by atoms with Crippen LogP contribution in [0.4, 0.5) is 8.78 Å². The van der Waals surface area contributed by atoms with E-state index < -0.39 is 0 Å². The third-order valence-electron chi connectivity index (χ3n) is 4.18. The van der Waals surface area contributed by atoms with Crippen LogP contribution in [0.2, 0.25) is 0 Å². The molecule has 22 heavy (non-hydrogen) atoms. The van der Waals surface area contributed by atoms with E-state index in [1.54, 1.807) is 12.1 Å². The molecule has 0 spiro atoms. The lowest BCUT2D eigenvalue weighted by Gasteiger charge is -2.30. The van der Waals surface area contributed by atoms with E-state index in [1.165, 1.54) is 24.3 Å². The molecule has 2 aromatic carbocycles. The summed E-state index contributed by atoms with van der Waals surface area (Å²) in [7, 11) is 2.11. The maximum absolute atomic E-state index is 13.6. The Morgan fingerprint density at radius 2 is 1.59 bits per heavy atom. The van der Waals surface area contributed by atoms with E-state index in [9.17, 15) is 8.78 Å². The van der Waals surface area contributed by atoms with Gasteiger partial charge in [-0.25, -0.2) is 8.78 Å². The van der Waals surface area contributed by atoms with Crippen molar-refractivity contribution in [2.75, 3.05) is 20.1 Å². The van der Waals surface area contributed by atoms with E-state index in [0.29, 0.717) is 17.4 Å². The van der Waals surface area contributed by atoms with Crippen molar-refractivity contribution in [2.45, 2.75) is 18.8 Å². The number of hydrogen-bond donors (Lipinski definition) is 0. The third kappa shape index (κ3) is 3.45. The smallest absolute Gasteiger partial charge is 0.133 e. The van der Waals surface area contributed by atoms with Gasteiger partial charge in [-0.15, -0.1) is 0 Å². The van der Waals surface area contributed by atoms with E-state index in [0.717, 1.165) is 31.5 Å². The molecule has 2 aromatic rings. The second-order valence-electron chi connectivity index (χ2n) is 5.82. The summed E-state index contributed by atoms with van der Waals surface area (Å²) in [6.45, 7) is 2.05. The van der Waals surface area contributed by atoms with Crippen molar-refractivity contribution in [1.29, 1.82) is 0 Å². The van der Waals surface area contributed by atoms with E-state index in [-0.39, 0.29) is 11.6 Å². The van der Waals surface area contributed by atoms with Crippen LogP contribution in [0.15, 0.2) is 42.5 Å². The average Bonchev–Trinajstić information content (AvgIpc) is 2.51. The van der Waals surface area contributed by atoms with Crippen molar-refractivity contribution in [2.24, 2.45) is 0 Å². The van der Waals surface area contributed by atoms with Crippen LogP contribution in [0, 0.1) is 11.6 Å². The van der Waals surface area contributed by atoms with Crippen molar-refractivity contribution in [1.82, 2.24) is 4.90 Å². The Morgan fingerprint density at radius 1 is 0.955 bits per heavy atom. The fourth-order valence-electron chi connectivity index (χ4n) is 2.88. The molecular weight excluding hydrogens is 284 g/mol. The Hall–Kier alpha value is -1.94. The largest absolute Gasteiger partial charge is 0.457 e. The number of piperidine rings is 1. The maximum Gasteiger partial charge on any atom is 0.133 e. The van der Waals surface area contributed by atoms with Crippen LogP contribution in [0.5, 0.6) is 11.5 Å². The summed E-state index contributed by atoms with van der Waals surface area (Å²) in [6.07, 6.45) is 2.06. The first-order chi connectivity index (χ1) is 10.6. The topological polar surface area (TPSA) is 12.5 Å². The first-order valence-electron chi connectivity index (χ1n) is 7.53. The summed E-state index contributed by atoms with van der Waals surface area (Å²) >= 11 is 0. The minimum Gasteiger partial charge on any atom is -0.457 e.